The zero-order valence-electron chi connectivity index (χ0n) is 24.3. The van der Waals surface area contributed by atoms with Crippen LogP contribution in [0, 0.1) is 0 Å². The van der Waals surface area contributed by atoms with Gasteiger partial charge in [0.25, 0.3) is 0 Å². The van der Waals surface area contributed by atoms with Crippen LogP contribution in [0.5, 0.6) is 0 Å². The van der Waals surface area contributed by atoms with Gasteiger partial charge >= 0.3 is 10.4 Å². The fourth-order valence-corrected chi connectivity index (χ4v) is 4.19. The molecular weight excluding hydrogens is 476 g/mol. The molecule has 0 amide bonds. The molecule has 0 aliphatic rings. The monoisotopic (exact) mass is 542 g/mol. The molecule has 0 aromatic rings. The van der Waals surface area contributed by atoms with Crippen LogP contribution in [-0.2, 0) is 15.1 Å². The highest BCUT2D eigenvalue weighted by molar-refractivity contribution is 7.79. The molecule has 0 aliphatic carbocycles. The van der Waals surface area contributed by atoms with Crippen molar-refractivity contribution in [2.45, 2.75) is 168 Å². The van der Waals surface area contributed by atoms with Crippen molar-refractivity contribution in [3.05, 3.63) is 0 Å². The first kappa shape index (κ1) is 42.8. The lowest BCUT2D eigenvalue weighted by Gasteiger charge is -2.05. The van der Waals surface area contributed by atoms with Gasteiger partial charge < -0.3 is 17.0 Å². The number of unbranched alkanes of at least 4 members (excludes halogenated alkanes) is 22. The van der Waals surface area contributed by atoms with Crippen LogP contribution in [0.25, 0.3) is 0 Å². The summed E-state index contributed by atoms with van der Waals surface area (Å²) >= 11 is 0. The molecule has 0 saturated carbocycles. The zero-order valence-corrected chi connectivity index (χ0v) is 25.1. The van der Waals surface area contributed by atoms with Crippen molar-refractivity contribution in [3.8, 4) is 0 Å². The fraction of sp³-hybridized carbons (Fsp3) is 1.00. The predicted molar refractivity (Wildman–Crippen MR) is 157 cm³/mol. The van der Waals surface area contributed by atoms with Gasteiger partial charge in [0.2, 0.25) is 0 Å². The third kappa shape index (κ3) is 54.6. The third-order valence-electron chi connectivity index (χ3n) is 6.28. The topological polar surface area (TPSA) is 154 Å². The summed E-state index contributed by atoms with van der Waals surface area (Å²) in [6.45, 7) is 6.58. The van der Waals surface area contributed by atoms with Gasteiger partial charge in [-0.25, -0.2) is 0 Å². The van der Waals surface area contributed by atoms with Crippen LogP contribution >= 0.6 is 0 Å². The Labute approximate surface area is 226 Å². The van der Waals surface area contributed by atoms with E-state index in [0.717, 1.165) is 13.2 Å². The molecule has 0 aliphatic heterocycles. The van der Waals surface area contributed by atoms with E-state index in [1.165, 1.54) is 154 Å². The minimum Gasteiger partial charge on any atom is -0.381 e. The van der Waals surface area contributed by atoms with E-state index in [4.69, 9.17) is 22.3 Å². The molecule has 0 atom stereocenters. The van der Waals surface area contributed by atoms with Gasteiger partial charge in [-0.2, -0.15) is 8.42 Å². The lowest BCUT2D eigenvalue weighted by molar-refractivity contribution is 0.125. The molecule has 0 fully saturated rings. The highest BCUT2D eigenvalue weighted by Gasteiger charge is 1.96. The van der Waals surface area contributed by atoms with Gasteiger partial charge in [-0.1, -0.05) is 155 Å². The minimum atomic E-state index is -4.67. The van der Waals surface area contributed by atoms with E-state index in [0.29, 0.717) is 0 Å². The Balaban J connectivity index is -0.000000661. The highest BCUT2D eigenvalue weighted by Crippen LogP contribution is 2.13. The Morgan fingerprint density at radius 3 is 0.778 bits per heavy atom. The quantitative estimate of drug-likeness (QED) is 0.0625. The van der Waals surface area contributed by atoms with E-state index >= 15 is 0 Å². The van der Waals surface area contributed by atoms with E-state index in [1.807, 2.05) is 0 Å². The predicted octanol–water partition coefficient (Wildman–Crippen LogP) is 10.1. The summed E-state index contributed by atoms with van der Waals surface area (Å²) in [7, 11) is -4.67. The van der Waals surface area contributed by atoms with E-state index in [9.17, 15) is 0 Å². The first-order valence-corrected chi connectivity index (χ1v) is 16.1. The van der Waals surface area contributed by atoms with Crippen molar-refractivity contribution in [2.24, 2.45) is 0 Å². The summed E-state index contributed by atoms with van der Waals surface area (Å²) in [5, 5.41) is 0. The average Bonchev–Trinajstić information content (AvgIpc) is 2.78. The zero-order chi connectivity index (χ0) is 25.6. The van der Waals surface area contributed by atoms with Crippen molar-refractivity contribution >= 4 is 10.4 Å². The summed E-state index contributed by atoms with van der Waals surface area (Å²) in [6.07, 6.45) is 34.1. The smallest absolute Gasteiger partial charge is 0.381 e. The summed E-state index contributed by atoms with van der Waals surface area (Å²) in [4.78, 5) is 0. The number of rotatable bonds is 26. The van der Waals surface area contributed by atoms with Crippen molar-refractivity contribution in [1.29, 1.82) is 0 Å². The van der Waals surface area contributed by atoms with Gasteiger partial charge in [-0.05, 0) is 12.8 Å². The molecule has 8 N–H and O–H groups in total. The molecule has 8 heteroatoms. The van der Waals surface area contributed by atoms with E-state index in [1.54, 1.807) is 0 Å². The van der Waals surface area contributed by atoms with Gasteiger partial charge in [0.05, 0.1) is 0 Å². The molecule has 36 heavy (non-hydrogen) atoms. The Morgan fingerprint density at radius 2 is 0.583 bits per heavy atom. The second-order valence-electron chi connectivity index (χ2n) is 9.84. The van der Waals surface area contributed by atoms with E-state index < -0.39 is 10.4 Å². The molecule has 0 heterocycles. The Bertz CT molecular complexity index is 431. The molecule has 0 aromatic carbocycles. The molecule has 0 unspecified atom stereocenters. The van der Waals surface area contributed by atoms with Crippen molar-refractivity contribution < 1.29 is 22.3 Å². The standard InChI is InChI=1S/C28H58O.2H3N.H2O4S/c1-3-5-7-9-11-13-15-17-19-21-23-25-27-29-28-26-24-22-20-18-16-14-12-10-8-6-4-2;;;1-5(2,3)4/h3-28H2,1-2H3;2*1H3;(H2,1,2,3,4). The molecule has 0 saturated heterocycles. The Morgan fingerprint density at radius 1 is 0.417 bits per heavy atom. The maximum absolute atomic E-state index is 8.74. The van der Waals surface area contributed by atoms with Crippen LogP contribution in [0.1, 0.15) is 168 Å². The molecule has 0 radical (unpaired) electrons. The van der Waals surface area contributed by atoms with Gasteiger partial charge in [0.15, 0.2) is 0 Å². The summed E-state index contributed by atoms with van der Waals surface area (Å²) in [5.41, 5.74) is 0. The van der Waals surface area contributed by atoms with Gasteiger partial charge in [0, 0.05) is 13.2 Å². The molecule has 0 spiro atoms. The molecule has 0 bridgehead atoms. The number of hydrogen-bond acceptors (Lipinski definition) is 5. The molecule has 0 aromatic heterocycles. The van der Waals surface area contributed by atoms with E-state index in [-0.39, 0.29) is 12.3 Å². The van der Waals surface area contributed by atoms with Gasteiger partial charge in [-0.3, -0.25) is 9.11 Å². The van der Waals surface area contributed by atoms with Crippen LogP contribution in [-0.4, -0.2) is 30.7 Å². The van der Waals surface area contributed by atoms with Gasteiger partial charge in [-0.15, -0.1) is 0 Å². The molecule has 0 rings (SSSR count). The van der Waals surface area contributed by atoms with Crippen LogP contribution in [0.4, 0.5) is 0 Å². The molecule has 7 nitrogen and oxygen atoms in total. The number of hydrogen-bond donors (Lipinski definition) is 4. The molecular formula is C28H66N2O5S. The minimum absolute atomic E-state index is 0. The van der Waals surface area contributed by atoms with Crippen LogP contribution in [0.3, 0.4) is 0 Å². The fourth-order valence-electron chi connectivity index (χ4n) is 4.19. The van der Waals surface area contributed by atoms with E-state index in [2.05, 4.69) is 13.8 Å². The van der Waals surface area contributed by atoms with Crippen LogP contribution < -0.4 is 12.3 Å². The second kappa shape index (κ2) is 36.9. The third-order valence-corrected chi connectivity index (χ3v) is 6.28. The lowest BCUT2D eigenvalue weighted by Crippen LogP contribution is -1.97. The average molecular weight is 543 g/mol. The number of ether oxygens (including phenoxy) is 1. The second-order valence-corrected chi connectivity index (χ2v) is 10.7. The normalized spacial score (nSPS) is 10.8. The van der Waals surface area contributed by atoms with Crippen LogP contribution in [0.2, 0.25) is 0 Å². The first-order valence-electron chi connectivity index (χ1n) is 14.7. The van der Waals surface area contributed by atoms with Gasteiger partial charge in [0.1, 0.15) is 0 Å². The molecule has 224 valence electrons. The SMILES string of the molecule is CCCCCCCCCCCCCCOCCCCCCCCCCCCCC.N.N.O=S(=O)(O)O. The summed E-state index contributed by atoms with van der Waals surface area (Å²) < 4.78 is 37.4. The lowest BCUT2D eigenvalue weighted by atomic mass is 10.1. The summed E-state index contributed by atoms with van der Waals surface area (Å²) in [5.74, 6) is 0. The Hall–Kier alpha value is -0.250. The Kier molecular flexibility index (Phi) is 43.9. The maximum atomic E-state index is 8.74. The first-order chi connectivity index (χ1) is 16.4. The highest BCUT2D eigenvalue weighted by atomic mass is 32.3. The largest absolute Gasteiger partial charge is 0.394 e. The van der Waals surface area contributed by atoms with Crippen molar-refractivity contribution in [2.75, 3.05) is 13.2 Å². The van der Waals surface area contributed by atoms with Crippen molar-refractivity contribution in [1.82, 2.24) is 12.3 Å². The van der Waals surface area contributed by atoms with Crippen molar-refractivity contribution in [3.63, 3.8) is 0 Å². The maximum Gasteiger partial charge on any atom is 0.394 e. The summed E-state index contributed by atoms with van der Waals surface area (Å²) in [6, 6.07) is 0. The van der Waals surface area contributed by atoms with Crippen LogP contribution in [0.15, 0.2) is 0 Å².